The third kappa shape index (κ3) is 3.54. The van der Waals surface area contributed by atoms with Crippen LogP contribution in [-0.4, -0.2) is 16.7 Å². The van der Waals surface area contributed by atoms with Crippen LogP contribution >= 0.6 is 0 Å². The van der Waals surface area contributed by atoms with Gasteiger partial charge in [-0.3, -0.25) is 0 Å². The molecule has 0 radical (unpaired) electrons. The van der Waals surface area contributed by atoms with Crippen LogP contribution in [0, 0.1) is 6.92 Å². The number of hydrogen-bond donors (Lipinski definition) is 1. The molecule has 0 aliphatic carbocycles. The summed E-state index contributed by atoms with van der Waals surface area (Å²) in [5.74, 6) is 2.02. The number of aromatic nitrogens is 2. The van der Waals surface area contributed by atoms with Gasteiger partial charge in [-0.25, -0.2) is 0 Å². The van der Waals surface area contributed by atoms with Crippen LogP contribution < -0.4 is 10.5 Å². The van der Waals surface area contributed by atoms with E-state index in [9.17, 15) is 0 Å². The molecule has 0 spiro atoms. The van der Waals surface area contributed by atoms with E-state index in [0.717, 1.165) is 24.2 Å². The van der Waals surface area contributed by atoms with E-state index >= 15 is 0 Å². The second-order valence-electron chi connectivity index (χ2n) is 4.40. The average Bonchev–Trinajstić information content (AvgIpc) is 2.86. The molecule has 2 aromatic rings. The van der Waals surface area contributed by atoms with E-state index in [4.69, 9.17) is 15.0 Å². The monoisotopic (exact) mass is 261 g/mol. The van der Waals surface area contributed by atoms with Crippen molar-refractivity contribution in [2.24, 2.45) is 5.73 Å². The van der Waals surface area contributed by atoms with Gasteiger partial charge in [-0.05, 0) is 31.5 Å². The van der Waals surface area contributed by atoms with Gasteiger partial charge >= 0.3 is 0 Å². The number of nitrogens with two attached hydrogens (primary N) is 1. The molecule has 19 heavy (non-hydrogen) atoms. The van der Waals surface area contributed by atoms with Gasteiger partial charge in [0.05, 0.1) is 0 Å². The van der Waals surface area contributed by atoms with Gasteiger partial charge in [0.15, 0.2) is 12.4 Å². The Morgan fingerprint density at radius 1 is 1.37 bits per heavy atom. The maximum atomic E-state index is 5.74. The zero-order valence-electron chi connectivity index (χ0n) is 11.3. The molecule has 0 saturated heterocycles. The Bertz CT molecular complexity index is 537. The molecule has 1 aromatic carbocycles. The Morgan fingerprint density at radius 2 is 2.21 bits per heavy atom. The maximum Gasteiger partial charge on any atom is 0.264 e. The summed E-state index contributed by atoms with van der Waals surface area (Å²) in [5, 5.41) is 3.83. The Labute approximate surface area is 112 Å². The van der Waals surface area contributed by atoms with E-state index in [-0.39, 0.29) is 6.61 Å². The van der Waals surface area contributed by atoms with Gasteiger partial charge in [0.25, 0.3) is 5.89 Å². The van der Waals surface area contributed by atoms with E-state index in [1.807, 2.05) is 19.1 Å². The third-order valence-electron chi connectivity index (χ3n) is 2.81. The molecule has 2 rings (SSSR count). The van der Waals surface area contributed by atoms with Crippen LogP contribution in [0.4, 0.5) is 0 Å². The third-order valence-corrected chi connectivity index (χ3v) is 2.81. The van der Waals surface area contributed by atoms with Crippen LogP contribution in [0.1, 0.15) is 29.8 Å². The van der Waals surface area contributed by atoms with Crippen LogP contribution in [0.15, 0.2) is 22.7 Å². The van der Waals surface area contributed by atoms with Crippen molar-refractivity contribution in [3.63, 3.8) is 0 Å². The zero-order valence-corrected chi connectivity index (χ0v) is 11.3. The van der Waals surface area contributed by atoms with Crippen LogP contribution in [0.5, 0.6) is 5.75 Å². The van der Waals surface area contributed by atoms with Gasteiger partial charge in [-0.1, -0.05) is 29.8 Å². The van der Waals surface area contributed by atoms with Crippen molar-refractivity contribution in [2.75, 3.05) is 6.54 Å². The molecule has 5 nitrogen and oxygen atoms in total. The first-order valence-corrected chi connectivity index (χ1v) is 6.46. The minimum atomic E-state index is 0.285. The van der Waals surface area contributed by atoms with E-state index in [1.165, 1.54) is 5.56 Å². The summed E-state index contributed by atoms with van der Waals surface area (Å²) < 4.78 is 10.8. The first-order valence-electron chi connectivity index (χ1n) is 6.46. The standard InChI is InChI=1S/C14H19N3O2/c1-3-13-16-14(19-17-13)9-18-12-5-4-10(2)8-11(12)6-7-15/h4-5,8H,3,6-7,9,15H2,1-2H3. The van der Waals surface area contributed by atoms with Crippen molar-refractivity contribution in [3.8, 4) is 5.75 Å². The second kappa shape index (κ2) is 6.33. The molecule has 1 heterocycles. The van der Waals surface area contributed by atoms with Gasteiger partial charge < -0.3 is 15.0 Å². The van der Waals surface area contributed by atoms with Gasteiger partial charge in [-0.2, -0.15) is 4.98 Å². The van der Waals surface area contributed by atoms with Crippen molar-refractivity contribution >= 4 is 0 Å². The lowest BCUT2D eigenvalue weighted by Crippen LogP contribution is -2.06. The topological polar surface area (TPSA) is 74.2 Å². The highest BCUT2D eigenvalue weighted by atomic mass is 16.5. The molecule has 0 aliphatic rings. The van der Waals surface area contributed by atoms with Gasteiger partial charge in [-0.15, -0.1) is 0 Å². The molecular formula is C14H19N3O2. The summed E-state index contributed by atoms with van der Waals surface area (Å²) in [7, 11) is 0. The highest BCUT2D eigenvalue weighted by Gasteiger charge is 2.08. The van der Waals surface area contributed by atoms with E-state index in [1.54, 1.807) is 0 Å². The van der Waals surface area contributed by atoms with Crippen molar-refractivity contribution in [1.82, 2.24) is 10.1 Å². The SMILES string of the molecule is CCc1noc(COc2ccc(C)cc2CCN)n1. The maximum absolute atomic E-state index is 5.74. The van der Waals surface area contributed by atoms with Crippen LogP contribution in [0.25, 0.3) is 0 Å². The minimum absolute atomic E-state index is 0.285. The predicted molar refractivity (Wildman–Crippen MR) is 71.9 cm³/mol. The van der Waals surface area contributed by atoms with Crippen LogP contribution in [0.3, 0.4) is 0 Å². The molecule has 0 bridgehead atoms. The van der Waals surface area contributed by atoms with Crippen LogP contribution in [-0.2, 0) is 19.4 Å². The first kappa shape index (κ1) is 13.5. The Morgan fingerprint density at radius 3 is 2.89 bits per heavy atom. The largest absolute Gasteiger partial charge is 0.483 e. The van der Waals surface area contributed by atoms with E-state index < -0.39 is 0 Å². The molecule has 1 aromatic heterocycles. The summed E-state index contributed by atoms with van der Waals surface area (Å²) in [6.45, 7) is 4.91. The van der Waals surface area contributed by atoms with E-state index in [2.05, 4.69) is 23.1 Å². The molecule has 0 saturated carbocycles. The summed E-state index contributed by atoms with van der Waals surface area (Å²) in [6.07, 6.45) is 1.55. The van der Waals surface area contributed by atoms with Crippen LogP contribution in [0.2, 0.25) is 0 Å². The minimum Gasteiger partial charge on any atom is -0.483 e. The Hall–Kier alpha value is -1.88. The van der Waals surface area contributed by atoms with Crippen molar-refractivity contribution in [1.29, 1.82) is 0 Å². The smallest absolute Gasteiger partial charge is 0.264 e. The molecule has 102 valence electrons. The molecule has 2 N–H and O–H groups in total. The van der Waals surface area contributed by atoms with Gasteiger partial charge in [0.1, 0.15) is 5.75 Å². The second-order valence-corrected chi connectivity index (χ2v) is 4.40. The number of hydrogen-bond acceptors (Lipinski definition) is 5. The fourth-order valence-corrected chi connectivity index (χ4v) is 1.83. The highest BCUT2D eigenvalue weighted by Crippen LogP contribution is 2.21. The lowest BCUT2D eigenvalue weighted by Gasteiger charge is -2.10. The van der Waals surface area contributed by atoms with Crippen molar-refractivity contribution < 1.29 is 9.26 Å². The number of nitrogens with zero attached hydrogens (tertiary/aromatic N) is 2. The molecule has 0 unspecified atom stereocenters. The summed E-state index contributed by atoms with van der Waals surface area (Å²) >= 11 is 0. The fraction of sp³-hybridized carbons (Fsp3) is 0.429. The molecular weight excluding hydrogens is 242 g/mol. The summed E-state index contributed by atoms with van der Waals surface area (Å²) in [6, 6.07) is 6.06. The fourth-order valence-electron chi connectivity index (χ4n) is 1.83. The molecule has 0 amide bonds. The van der Waals surface area contributed by atoms with E-state index in [0.29, 0.717) is 18.3 Å². The zero-order chi connectivity index (χ0) is 13.7. The Balaban J connectivity index is 2.05. The van der Waals surface area contributed by atoms with Gasteiger partial charge in [0.2, 0.25) is 0 Å². The van der Waals surface area contributed by atoms with Crippen molar-refractivity contribution in [3.05, 3.63) is 41.0 Å². The number of aryl methyl sites for hydroxylation is 2. The molecule has 0 fully saturated rings. The summed E-state index contributed by atoms with van der Waals surface area (Å²) in [5.41, 5.74) is 7.92. The summed E-state index contributed by atoms with van der Waals surface area (Å²) in [4.78, 5) is 4.21. The predicted octanol–water partition coefficient (Wildman–Crippen LogP) is 2.02. The normalized spacial score (nSPS) is 10.7. The molecule has 0 aliphatic heterocycles. The lowest BCUT2D eigenvalue weighted by molar-refractivity contribution is 0.240. The number of ether oxygens (including phenoxy) is 1. The molecule has 5 heteroatoms. The number of benzene rings is 1. The van der Waals surface area contributed by atoms with Gasteiger partial charge in [0, 0.05) is 6.42 Å². The lowest BCUT2D eigenvalue weighted by atomic mass is 10.1. The highest BCUT2D eigenvalue weighted by molar-refractivity contribution is 5.37. The average molecular weight is 261 g/mol. The first-order chi connectivity index (χ1) is 9.22. The quantitative estimate of drug-likeness (QED) is 0.861. The molecule has 0 atom stereocenters. The number of rotatable bonds is 6. The Kier molecular flexibility index (Phi) is 4.52. The van der Waals surface area contributed by atoms with Crippen molar-refractivity contribution in [2.45, 2.75) is 33.3 Å².